The van der Waals surface area contributed by atoms with Crippen LogP contribution in [0.4, 0.5) is 0 Å². The molecule has 1 saturated heterocycles. The Morgan fingerprint density at radius 2 is 2.19 bits per heavy atom. The molecule has 0 aliphatic carbocycles. The molecule has 1 aliphatic heterocycles. The summed E-state index contributed by atoms with van der Waals surface area (Å²) in [6.07, 6.45) is 2.73. The first-order valence-corrected chi connectivity index (χ1v) is 6.57. The van der Waals surface area contributed by atoms with Crippen LogP contribution in [0.5, 0.6) is 0 Å². The lowest BCUT2D eigenvalue weighted by Crippen LogP contribution is -2.49. The van der Waals surface area contributed by atoms with Crippen molar-refractivity contribution in [1.29, 1.82) is 0 Å². The molecular weight excluding hydrogens is 202 g/mol. The van der Waals surface area contributed by atoms with Crippen LogP contribution < -0.4 is 5.32 Å². The number of hydrogen-bond acceptors (Lipinski definition) is 3. The summed E-state index contributed by atoms with van der Waals surface area (Å²) in [5.41, 5.74) is 0. The van der Waals surface area contributed by atoms with E-state index < -0.39 is 0 Å². The van der Waals surface area contributed by atoms with Gasteiger partial charge in [0.1, 0.15) is 0 Å². The maximum atomic E-state index is 5.89. The predicted molar refractivity (Wildman–Crippen MR) is 66.6 cm³/mol. The van der Waals surface area contributed by atoms with Gasteiger partial charge in [-0.1, -0.05) is 13.8 Å². The number of likely N-dealkylation sites (N-methyl/N-ethyl adjacent to an activating group) is 1. The van der Waals surface area contributed by atoms with Gasteiger partial charge in [0.15, 0.2) is 0 Å². The molecule has 0 bridgehead atoms. The average Bonchev–Trinajstić information content (AvgIpc) is 2.30. The predicted octanol–water partition coefficient (Wildman–Crippen LogP) is 2.06. The topological polar surface area (TPSA) is 30.5 Å². The molecule has 0 saturated carbocycles. The van der Waals surface area contributed by atoms with Gasteiger partial charge in [-0.25, -0.2) is 0 Å². The minimum atomic E-state index is 0.293. The fourth-order valence-corrected chi connectivity index (χ4v) is 2.62. The van der Waals surface area contributed by atoms with E-state index in [1.165, 1.54) is 12.8 Å². The summed E-state index contributed by atoms with van der Waals surface area (Å²) < 4.78 is 11.5. The second-order valence-corrected chi connectivity index (χ2v) is 4.96. The third-order valence-corrected chi connectivity index (χ3v) is 3.41. The molecule has 1 N–H and O–H groups in total. The van der Waals surface area contributed by atoms with Crippen LogP contribution in [0.15, 0.2) is 0 Å². The van der Waals surface area contributed by atoms with Crippen LogP contribution in [-0.2, 0) is 9.47 Å². The lowest BCUT2D eigenvalue weighted by Gasteiger charge is -2.37. The van der Waals surface area contributed by atoms with Crippen molar-refractivity contribution in [3.05, 3.63) is 0 Å². The molecule has 96 valence electrons. The lowest BCUT2D eigenvalue weighted by molar-refractivity contribution is -0.0396. The van der Waals surface area contributed by atoms with Gasteiger partial charge in [0.05, 0.1) is 12.7 Å². The van der Waals surface area contributed by atoms with Gasteiger partial charge in [0, 0.05) is 25.2 Å². The first kappa shape index (κ1) is 13.9. The monoisotopic (exact) mass is 229 g/mol. The molecule has 1 fully saturated rings. The van der Waals surface area contributed by atoms with Gasteiger partial charge in [-0.05, 0) is 32.7 Å². The van der Waals surface area contributed by atoms with Crippen molar-refractivity contribution in [2.24, 2.45) is 11.8 Å². The largest absolute Gasteiger partial charge is 0.381 e. The maximum Gasteiger partial charge on any atom is 0.0754 e. The van der Waals surface area contributed by atoms with Gasteiger partial charge in [-0.2, -0.15) is 0 Å². The number of rotatable bonds is 6. The van der Waals surface area contributed by atoms with Gasteiger partial charge in [-0.3, -0.25) is 0 Å². The second-order valence-electron chi connectivity index (χ2n) is 4.96. The van der Waals surface area contributed by atoms with Crippen molar-refractivity contribution in [1.82, 2.24) is 5.32 Å². The third-order valence-electron chi connectivity index (χ3n) is 3.41. The van der Waals surface area contributed by atoms with Crippen LogP contribution in [-0.4, -0.2) is 39.0 Å². The van der Waals surface area contributed by atoms with Crippen molar-refractivity contribution >= 4 is 0 Å². The summed E-state index contributed by atoms with van der Waals surface area (Å²) in [5, 5.41) is 3.43. The molecule has 0 amide bonds. The number of hydrogen-bond donors (Lipinski definition) is 1. The molecule has 1 aliphatic rings. The number of ether oxygens (including phenoxy) is 2. The zero-order valence-corrected chi connectivity index (χ0v) is 11.2. The van der Waals surface area contributed by atoms with Crippen LogP contribution in [0.3, 0.4) is 0 Å². The van der Waals surface area contributed by atoms with Gasteiger partial charge in [-0.15, -0.1) is 0 Å². The number of nitrogens with one attached hydrogen (secondary N) is 1. The molecule has 3 atom stereocenters. The van der Waals surface area contributed by atoms with E-state index in [-0.39, 0.29) is 0 Å². The van der Waals surface area contributed by atoms with E-state index in [1.54, 1.807) is 0 Å². The zero-order valence-electron chi connectivity index (χ0n) is 11.2. The van der Waals surface area contributed by atoms with Crippen molar-refractivity contribution < 1.29 is 9.47 Å². The fourth-order valence-electron chi connectivity index (χ4n) is 2.62. The highest BCUT2D eigenvalue weighted by Gasteiger charge is 2.32. The quantitative estimate of drug-likeness (QED) is 0.756. The smallest absolute Gasteiger partial charge is 0.0754 e. The van der Waals surface area contributed by atoms with Crippen LogP contribution in [0.25, 0.3) is 0 Å². The molecule has 0 radical (unpaired) electrons. The fraction of sp³-hybridized carbons (Fsp3) is 1.00. The molecule has 3 nitrogen and oxygen atoms in total. The van der Waals surface area contributed by atoms with Crippen LogP contribution in [0, 0.1) is 11.8 Å². The molecule has 0 spiro atoms. The SMILES string of the molecule is CCOC(C(C)C)C(NC)C1CCCOC1. The van der Waals surface area contributed by atoms with Gasteiger partial charge >= 0.3 is 0 Å². The van der Waals surface area contributed by atoms with Gasteiger partial charge < -0.3 is 14.8 Å². The maximum absolute atomic E-state index is 5.89. The molecule has 1 heterocycles. The molecule has 0 aromatic rings. The van der Waals surface area contributed by atoms with E-state index in [0.717, 1.165) is 19.8 Å². The van der Waals surface area contributed by atoms with Crippen molar-refractivity contribution in [3.8, 4) is 0 Å². The van der Waals surface area contributed by atoms with Crippen LogP contribution in [0.1, 0.15) is 33.6 Å². The highest BCUT2D eigenvalue weighted by molar-refractivity contribution is 4.86. The first-order chi connectivity index (χ1) is 7.70. The molecule has 0 aromatic carbocycles. The molecule has 16 heavy (non-hydrogen) atoms. The Labute approximate surface area is 99.9 Å². The van der Waals surface area contributed by atoms with Crippen molar-refractivity contribution in [2.75, 3.05) is 26.9 Å². The van der Waals surface area contributed by atoms with Gasteiger partial charge in [0.25, 0.3) is 0 Å². The van der Waals surface area contributed by atoms with Crippen LogP contribution >= 0.6 is 0 Å². The highest BCUT2D eigenvalue weighted by Crippen LogP contribution is 2.24. The first-order valence-electron chi connectivity index (χ1n) is 6.57. The van der Waals surface area contributed by atoms with E-state index in [2.05, 4.69) is 26.1 Å². The normalized spacial score (nSPS) is 25.7. The minimum Gasteiger partial charge on any atom is -0.381 e. The van der Waals surface area contributed by atoms with Crippen molar-refractivity contribution in [3.63, 3.8) is 0 Å². The highest BCUT2D eigenvalue weighted by atomic mass is 16.5. The molecule has 3 unspecified atom stereocenters. The van der Waals surface area contributed by atoms with Crippen LogP contribution in [0.2, 0.25) is 0 Å². The van der Waals surface area contributed by atoms with E-state index >= 15 is 0 Å². The standard InChI is InChI=1S/C13H27NO2/c1-5-16-13(10(2)3)12(14-4)11-7-6-8-15-9-11/h10-14H,5-9H2,1-4H3. The Morgan fingerprint density at radius 3 is 2.62 bits per heavy atom. The summed E-state index contributed by atoms with van der Waals surface area (Å²) >= 11 is 0. The van der Waals surface area contributed by atoms with E-state index in [9.17, 15) is 0 Å². The lowest BCUT2D eigenvalue weighted by atomic mass is 9.86. The van der Waals surface area contributed by atoms with E-state index in [0.29, 0.717) is 24.0 Å². The summed E-state index contributed by atoms with van der Waals surface area (Å²) in [6.45, 7) is 9.12. The molecule has 1 rings (SSSR count). The average molecular weight is 229 g/mol. The summed E-state index contributed by atoms with van der Waals surface area (Å²) in [7, 11) is 2.04. The Balaban J connectivity index is 2.60. The second kappa shape index (κ2) is 7.25. The third kappa shape index (κ3) is 3.72. The Bertz CT molecular complexity index is 179. The minimum absolute atomic E-state index is 0.293. The summed E-state index contributed by atoms with van der Waals surface area (Å²) in [5.74, 6) is 1.14. The Kier molecular flexibility index (Phi) is 6.32. The van der Waals surface area contributed by atoms with Crippen molar-refractivity contribution in [2.45, 2.75) is 45.8 Å². The van der Waals surface area contributed by atoms with Gasteiger partial charge in [0.2, 0.25) is 0 Å². The molecule has 0 aromatic heterocycles. The zero-order chi connectivity index (χ0) is 12.0. The molecule has 3 heteroatoms. The molecular formula is C13H27NO2. The Hall–Kier alpha value is -0.120. The summed E-state index contributed by atoms with van der Waals surface area (Å²) in [6, 6.07) is 0.417. The summed E-state index contributed by atoms with van der Waals surface area (Å²) in [4.78, 5) is 0. The van der Waals surface area contributed by atoms with E-state index in [4.69, 9.17) is 9.47 Å². The Morgan fingerprint density at radius 1 is 1.44 bits per heavy atom. The van der Waals surface area contributed by atoms with E-state index in [1.807, 2.05) is 7.05 Å².